The van der Waals surface area contributed by atoms with E-state index >= 15 is 0 Å². The standard InChI is InChI=1S/C24H21N3/c1-18(26-15-12-21-4-2-3-5-23(21)26)27-17-22-16-20(8-9-24(22)27)7-6-19-10-13-25-14-11-19/h2-5,8-11,13-14,16,18H,12,15,17H2,1H3. The number of aromatic nitrogens is 1. The van der Waals surface area contributed by atoms with Crippen LogP contribution in [0.1, 0.15) is 29.2 Å². The Bertz CT molecular complexity index is 1050. The van der Waals surface area contributed by atoms with Crippen molar-refractivity contribution in [3.63, 3.8) is 0 Å². The van der Waals surface area contributed by atoms with Crippen molar-refractivity contribution in [2.24, 2.45) is 0 Å². The zero-order valence-electron chi connectivity index (χ0n) is 15.4. The van der Waals surface area contributed by atoms with Gasteiger partial charge in [0, 0.05) is 48.0 Å². The van der Waals surface area contributed by atoms with E-state index in [1.807, 2.05) is 12.1 Å². The quantitative estimate of drug-likeness (QED) is 0.645. The third-order valence-electron chi connectivity index (χ3n) is 5.59. The zero-order chi connectivity index (χ0) is 18.2. The summed E-state index contributed by atoms with van der Waals surface area (Å²) in [6.45, 7) is 4.39. The Balaban J connectivity index is 1.34. The fourth-order valence-corrected chi connectivity index (χ4v) is 4.08. The highest BCUT2D eigenvalue weighted by Crippen LogP contribution is 2.38. The van der Waals surface area contributed by atoms with E-state index in [1.165, 1.54) is 22.5 Å². The van der Waals surface area contributed by atoms with E-state index in [9.17, 15) is 0 Å². The van der Waals surface area contributed by atoms with Crippen molar-refractivity contribution in [2.45, 2.75) is 26.1 Å². The highest BCUT2D eigenvalue weighted by atomic mass is 15.4. The number of rotatable bonds is 2. The molecule has 1 unspecified atom stereocenters. The van der Waals surface area contributed by atoms with Gasteiger partial charge in [-0.2, -0.15) is 0 Å². The van der Waals surface area contributed by atoms with Crippen LogP contribution in [-0.4, -0.2) is 17.7 Å². The molecule has 0 N–H and O–H groups in total. The molecule has 0 bridgehead atoms. The van der Waals surface area contributed by atoms with Crippen LogP contribution < -0.4 is 9.80 Å². The van der Waals surface area contributed by atoms with Gasteiger partial charge < -0.3 is 9.80 Å². The Morgan fingerprint density at radius 3 is 2.48 bits per heavy atom. The predicted octanol–water partition coefficient (Wildman–Crippen LogP) is 4.21. The molecule has 1 atom stereocenters. The number of fused-ring (bicyclic) bond motifs is 2. The topological polar surface area (TPSA) is 19.4 Å². The molecular weight excluding hydrogens is 330 g/mol. The Labute approximate surface area is 160 Å². The number of para-hydroxylation sites is 1. The van der Waals surface area contributed by atoms with Crippen LogP contribution in [0.3, 0.4) is 0 Å². The van der Waals surface area contributed by atoms with Crippen molar-refractivity contribution in [1.29, 1.82) is 0 Å². The van der Waals surface area contributed by atoms with Crippen LogP contribution in [0.4, 0.5) is 11.4 Å². The van der Waals surface area contributed by atoms with Crippen LogP contribution in [0.25, 0.3) is 0 Å². The Morgan fingerprint density at radius 2 is 1.63 bits per heavy atom. The molecule has 3 aromatic rings. The van der Waals surface area contributed by atoms with E-state index in [0.29, 0.717) is 6.17 Å². The lowest BCUT2D eigenvalue weighted by Crippen LogP contribution is -2.50. The minimum Gasteiger partial charge on any atom is -0.351 e. The lowest BCUT2D eigenvalue weighted by Gasteiger charge is -2.45. The van der Waals surface area contributed by atoms with E-state index in [4.69, 9.17) is 0 Å². The first-order chi connectivity index (χ1) is 13.3. The Morgan fingerprint density at radius 1 is 0.852 bits per heavy atom. The molecule has 2 aromatic carbocycles. The summed E-state index contributed by atoms with van der Waals surface area (Å²) in [7, 11) is 0. The van der Waals surface area contributed by atoms with E-state index in [2.05, 4.69) is 76.0 Å². The highest BCUT2D eigenvalue weighted by molar-refractivity contribution is 5.68. The van der Waals surface area contributed by atoms with Gasteiger partial charge in [-0.25, -0.2) is 0 Å². The summed E-state index contributed by atoms with van der Waals surface area (Å²) >= 11 is 0. The van der Waals surface area contributed by atoms with Crippen molar-refractivity contribution in [3.05, 3.63) is 89.2 Å². The molecule has 3 heteroatoms. The second-order valence-corrected chi connectivity index (χ2v) is 7.16. The summed E-state index contributed by atoms with van der Waals surface area (Å²) in [4.78, 5) is 9.04. The molecule has 2 aliphatic heterocycles. The Kier molecular flexibility index (Phi) is 3.83. The van der Waals surface area contributed by atoms with Crippen molar-refractivity contribution < 1.29 is 0 Å². The fraction of sp³-hybridized carbons (Fsp3) is 0.208. The third kappa shape index (κ3) is 2.84. The lowest BCUT2D eigenvalue weighted by molar-refractivity contribution is 0.569. The summed E-state index contributed by atoms with van der Waals surface area (Å²) < 4.78 is 0. The molecule has 0 amide bonds. The number of hydrogen-bond donors (Lipinski definition) is 0. The van der Waals surface area contributed by atoms with Crippen molar-refractivity contribution in [2.75, 3.05) is 16.3 Å². The van der Waals surface area contributed by atoms with Gasteiger partial charge in [0.05, 0.1) is 6.17 Å². The maximum Gasteiger partial charge on any atom is 0.0990 e. The Hall–Kier alpha value is -3.25. The molecule has 0 aliphatic carbocycles. The molecule has 3 nitrogen and oxygen atoms in total. The number of pyridine rings is 1. The molecule has 0 radical (unpaired) electrons. The second kappa shape index (κ2) is 6.48. The summed E-state index contributed by atoms with van der Waals surface area (Å²) in [5, 5.41) is 0. The monoisotopic (exact) mass is 351 g/mol. The average Bonchev–Trinajstić information content (AvgIpc) is 3.12. The summed E-state index contributed by atoms with van der Waals surface area (Å²) in [5.74, 6) is 6.48. The number of anilines is 2. The van der Waals surface area contributed by atoms with Gasteiger partial charge in [-0.3, -0.25) is 4.98 Å². The molecule has 0 saturated heterocycles. The average molecular weight is 351 g/mol. The summed E-state index contributed by atoms with van der Waals surface area (Å²) in [6.07, 6.45) is 5.06. The molecule has 132 valence electrons. The van der Waals surface area contributed by atoms with Crippen LogP contribution in [0, 0.1) is 11.8 Å². The second-order valence-electron chi connectivity index (χ2n) is 7.16. The largest absolute Gasteiger partial charge is 0.351 e. The number of hydrogen-bond acceptors (Lipinski definition) is 3. The lowest BCUT2D eigenvalue weighted by atomic mass is 9.99. The van der Waals surface area contributed by atoms with E-state index in [-0.39, 0.29) is 0 Å². The van der Waals surface area contributed by atoms with Gasteiger partial charge in [0.2, 0.25) is 0 Å². The van der Waals surface area contributed by atoms with Crippen molar-refractivity contribution >= 4 is 11.4 Å². The number of benzene rings is 2. The first kappa shape index (κ1) is 16.0. The normalized spacial score (nSPS) is 15.3. The van der Waals surface area contributed by atoms with Gasteiger partial charge in [-0.1, -0.05) is 30.0 Å². The third-order valence-corrected chi connectivity index (χ3v) is 5.59. The number of nitrogens with zero attached hydrogens (tertiary/aromatic N) is 3. The van der Waals surface area contributed by atoms with E-state index in [0.717, 1.165) is 30.6 Å². The van der Waals surface area contributed by atoms with Gasteiger partial charge >= 0.3 is 0 Å². The molecule has 3 heterocycles. The van der Waals surface area contributed by atoms with Gasteiger partial charge in [0.15, 0.2) is 0 Å². The molecule has 0 spiro atoms. The maximum absolute atomic E-state index is 4.03. The molecule has 5 rings (SSSR count). The molecule has 2 aliphatic rings. The van der Waals surface area contributed by atoms with Crippen LogP contribution in [0.5, 0.6) is 0 Å². The first-order valence-corrected chi connectivity index (χ1v) is 9.46. The molecule has 27 heavy (non-hydrogen) atoms. The SMILES string of the molecule is CC(N1CCc2ccccc21)N1Cc2cc(C#Cc3ccncc3)ccc21. The van der Waals surface area contributed by atoms with Crippen LogP contribution in [0.15, 0.2) is 67.0 Å². The van der Waals surface area contributed by atoms with Crippen LogP contribution in [0.2, 0.25) is 0 Å². The van der Waals surface area contributed by atoms with Crippen LogP contribution >= 0.6 is 0 Å². The molecule has 0 saturated carbocycles. The maximum atomic E-state index is 4.03. The van der Waals surface area contributed by atoms with Gasteiger partial charge in [0.1, 0.15) is 0 Å². The van der Waals surface area contributed by atoms with E-state index in [1.54, 1.807) is 12.4 Å². The predicted molar refractivity (Wildman–Crippen MR) is 110 cm³/mol. The molecular formula is C24H21N3. The zero-order valence-corrected chi connectivity index (χ0v) is 15.4. The van der Waals surface area contributed by atoms with Gasteiger partial charge in [-0.15, -0.1) is 0 Å². The fourth-order valence-electron chi connectivity index (χ4n) is 4.08. The van der Waals surface area contributed by atoms with Gasteiger partial charge in [0.25, 0.3) is 0 Å². The molecule has 0 fully saturated rings. The first-order valence-electron chi connectivity index (χ1n) is 9.46. The van der Waals surface area contributed by atoms with Crippen molar-refractivity contribution in [1.82, 2.24) is 4.98 Å². The highest BCUT2D eigenvalue weighted by Gasteiger charge is 2.32. The summed E-state index contributed by atoms with van der Waals surface area (Å²) in [5.41, 5.74) is 7.64. The van der Waals surface area contributed by atoms with Crippen molar-refractivity contribution in [3.8, 4) is 11.8 Å². The minimum atomic E-state index is 0.370. The van der Waals surface area contributed by atoms with Crippen LogP contribution in [-0.2, 0) is 13.0 Å². The van der Waals surface area contributed by atoms with E-state index < -0.39 is 0 Å². The van der Waals surface area contributed by atoms with Gasteiger partial charge in [-0.05, 0) is 60.9 Å². The summed E-state index contributed by atoms with van der Waals surface area (Å²) in [6, 6.07) is 19.2. The molecule has 1 aromatic heterocycles. The minimum absolute atomic E-state index is 0.370. The smallest absolute Gasteiger partial charge is 0.0990 e.